The largest absolute Gasteiger partial charge is 0.453 e. The van der Waals surface area contributed by atoms with Crippen LogP contribution in [-0.2, 0) is 0 Å². The number of anilines is 1. The van der Waals surface area contributed by atoms with E-state index >= 15 is 0 Å². The number of carbonyl (C=O) groups excluding carboxylic acids is 1. The molecule has 3 rings (SSSR count). The number of benzene rings is 2. The Labute approximate surface area is 135 Å². The average molecular weight is 362 g/mol. The number of fused-ring (bicyclic) bond motifs is 1. The zero-order chi connectivity index (χ0) is 15.7. The van der Waals surface area contributed by atoms with Gasteiger partial charge in [-0.05, 0) is 53.2 Å². The zero-order valence-electron chi connectivity index (χ0n) is 11.8. The maximum Gasteiger partial charge on any atom is 0.217 e. The summed E-state index contributed by atoms with van der Waals surface area (Å²) >= 11 is 3.41. The maximum absolute atomic E-state index is 13.3. The first-order valence-corrected chi connectivity index (χ1v) is 7.56. The highest BCUT2D eigenvalue weighted by atomic mass is 79.9. The van der Waals surface area contributed by atoms with Gasteiger partial charge in [-0.2, -0.15) is 0 Å². The van der Waals surface area contributed by atoms with Crippen LogP contribution < -0.4 is 5.32 Å². The van der Waals surface area contributed by atoms with E-state index in [2.05, 4.69) is 21.2 Å². The highest BCUT2D eigenvalue weighted by molar-refractivity contribution is 9.10. The van der Waals surface area contributed by atoms with E-state index in [-0.39, 0.29) is 23.9 Å². The van der Waals surface area contributed by atoms with Gasteiger partial charge in [-0.25, -0.2) is 4.39 Å². The van der Waals surface area contributed by atoms with Crippen molar-refractivity contribution in [1.29, 1.82) is 0 Å². The summed E-state index contributed by atoms with van der Waals surface area (Å²) in [5, 5.41) is 3.69. The summed E-state index contributed by atoms with van der Waals surface area (Å²) in [5.74, 6) is -0.258. The lowest BCUT2D eigenvalue weighted by Crippen LogP contribution is -2.14. The first-order chi connectivity index (χ1) is 10.6. The van der Waals surface area contributed by atoms with E-state index < -0.39 is 0 Å². The Morgan fingerprint density at radius 2 is 2.05 bits per heavy atom. The van der Waals surface area contributed by atoms with Gasteiger partial charge in [0.15, 0.2) is 5.76 Å². The smallest absolute Gasteiger partial charge is 0.217 e. The molecule has 5 heteroatoms. The molecule has 0 spiro atoms. The molecule has 0 saturated heterocycles. The Kier molecular flexibility index (Phi) is 3.98. The van der Waals surface area contributed by atoms with E-state index in [4.69, 9.17) is 4.42 Å². The summed E-state index contributed by atoms with van der Waals surface area (Å²) < 4.78 is 19.7. The molecule has 0 radical (unpaired) electrons. The summed E-state index contributed by atoms with van der Waals surface area (Å²) in [6.07, 6.45) is 0. The van der Waals surface area contributed by atoms with E-state index in [1.54, 1.807) is 6.92 Å². The van der Waals surface area contributed by atoms with Gasteiger partial charge in [-0.3, -0.25) is 4.79 Å². The lowest BCUT2D eigenvalue weighted by molar-refractivity contribution is 0.0981. The van der Waals surface area contributed by atoms with Gasteiger partial charge in [0, 0.05) is 21.1 Å². The Balaban J connectivity index is 1.83. The molecule has 112 valence electrons. The predicted molar refractivity (Wildman–Crippen MR) is 87.9 cm³/mol. The topological polar surface area (TPSA) is 42.2 Å². The fourth-order valence-electron chi connectivity index (χ4n) is 2.32. The van der Waals surface area contributed by atoms with E-state index in [1.807, 2.05) is 24.3 Å². The number of hydrogen-bond donors (Lipinski definition) is 1. The summed E-state index contributed by atoms with van der Waals surface area (Å²) in [4.78, 5) is 12.3. The summed E-state index contributed by atoms with van der Waals surface area (Å²) in [6, 6.07) is 11.8. The number of furan rings is 1. The standard InChI is InChI=1S/C17H13BrFNO2/c1-10-12-8-11(19)6-7-16(12)22-17(10)15(21)9-20-14-5-3-2-4-13(14)18/h2-8,20H,9H2,1H3. The van der Waals surface area contributed by atoms with Crippen molar-refractivity contribution in [2.24, 2.45) is 0 Å². The van der Waals surface area contributed by atoms with Crippen molar-refractivity contribution in [1.82, 2.24) is 0 Å². The van der Waals surface area contributed by atoms with Gasteiger partial charge in [0.2, 0.25) is 5.78 Å². The van der Waals surface area contributed by atoms with Crippen LogP contribution in [-0.4, -0.2) is 12.3 Å². The summed E-state index contributed by atoms with van der Waals surface area (Å²) in [6.45, 7) is 1.86. The molecule has 0 bridgehead atoms. The van der Waals surface area contributed by atoms with Crippen molar-refractivity contribution in [2.75, 3.05) is 11.9 Å². The second-order valence-corrected chi connectivity index (χ2v) is 5.81. The number of nitrogens with one attached hydrogen (secondary N) is 1. The fourth-order valence-corrected chi connectivity index (χ4v) is 2.74. The molecule has 0 aliphatic carbocycles. The summed E-state index contributed by atoms with van der Waals surface area (Å²) in [5.41, 5.74) is 2.01. The molecule has 1 heterocycles. The molecule has 0 atom stereocenters. The van der Waals surface area contributed by atoms with Gasteiger partial charge in [0.25, 0.3) is 0 Å². The van der Waals surface area contributed by atoms with Crippen LogP contribution in [0, 0.1) is 12.7 Å². The number of para-hydroxylation sites is 1. The van der Waals surface area contributed by atoms with Gasteiger partial charge in [0.1, 0.15) is 11.4 Å². The van der Waals surface area contributed by atoms with E-state index in [0.717, 1.165) is 10.2 Å². The van der Waals surface area contributed by atoms with Crippen LogP contribution in [0.1, 0.15) is 16.1 Å². The summed E-state index contributed by atoms with van der Waals surface area (Å²) in [7, 11) is 0. The van der Waals surface area contributed by atoms with Crippen molar-refractivity contribution in [2.45, 2.75) is 6.92 Å². The van der Waals surface area contributed by atoms with Crippen LogP contribution in [0.25, 0.3) is 11.0 Å². The molecular weight excluding hydrogens is 349 g/mol. The van der Waals surface area contributed by atoms with Gasteiger partial charge in [-0.1, -0.05) is 12.1 Å². The number of ketones is 1. The average Bonchev–Trinajstić information content (AvgIpc) is 2.83. The SMILES string of the molecule is Cc1c(C(=O)CNc2ccccc2Br)oc2ccc(F)cc12. The third kappa shape index (κ3) is 2.76. The Bertz CT molecular complexity index is 857. The molecule has 0 aliphatic heterocycles. The third-order valence-electron chi connectivity index (χ3n) is 3.46. The molecule has 0 aliphatic rings. The minimum Gasteiger partial charge on any atom is -0.453 e. The molecule has 0 amide bonds. The van der Waals surface area contributed by atoms with Gasteiger partial charge >= 0.3 is 0 Å². The first kappa shape index (κ1) is 14.8. The van der Waals surface area contributed by atoms with Crippen LogP contribution in [0.3, 0.4) is 0 Å². The van der Waals surface area contributed by atoms with E-state index in [0.29, 0.717) is 16.5 Å². The number of hydrogen-bond acceptors (Lipinski definition) is 3. The number of aryl methyl sites for hydroxylation is 1. The molecule has 0 unspecified atom stereocenters. The molecule has 2 aromatic carbocycles. The van der Waals surface area contributed by atoms with Crippen molar-refractivity contribution in [3.63, 3.8) is 0 Å². The van der Waals surface area contributed by atoms with Crippen LogP contribution in [0.4, 0.5) is 10.1 Å². The van der Waals surface area contributed by atoms with Crippen LogP contribution in [0.5, 0.6) is 0 Å². The van der Waals surface area contributed by atoms with Crippen LogP contribution in [0.2, 0.25) is 0 Å². The lowest BCUT2D eigenvalue weighted by Gasteiger charge is -2.06. The molecule has 1 N–H and O–H groups in total. The van der Waals surface area contributed by atoms with Crippen LogP contribution >= 0.6 is 15.9 Å². The lowest BCUT2D eigenvalue weighted by atomic mass is 10.1. The Hall–Kier alpha value is -2.14. The quantitative estimate of drug-likeness (QED) is 0.669. The number of rotatable bonds is 4. The van der Waals surface area contributed by atoms with Crippen molar-refractivity contribution < 1.29 is 13.6 Å². The minimum atomic E-state index is -0.346. The molecule has 0 fully saturated rings. The monoisotopic (exact) mass is 361 g/mol. The van der Waals surface area contributed by atoms with Gasteiger partial charge < -0.3 is 9.73 Å². The first-order valence-electron chi connectivity index (χ1n) is 6.76. The second-order valence-electron chi connectivity index (χ2n) is 4.95. The molecular formula is C17H13BrFNO2. The fraction of sp³-hybridized carbons (Fsp3) is 0.118. The van der Waals surface area contributed by atoms with Gasteiger partial charge in [-0.15, -0.1) is 0 Å². The molecule has 3 aromatic rings. The number of halogens is 2. The normalized spacial score (nSPS) is 10.9. The molecule has 3 nitrogen and oxygen atoms in total. The Morgan fingerprint density at radius 1 is 1.27 bits per heavy atom. The zero-order valence-corrected chi connectivity index (χ0v) is 13.4. The minimum absolute atomic E-state index is 0.103. The van der Waals surface area contributed by atoms with Crippen molar-refractivity contribution in [3.8, 4) is 0 Å². The number of carbonyl (C=O) groups is 1. The van der Waals surface area contributed by atoms with E-state index in [1.165, 1.54) is 18.2 Å². The molecule has 0 saturated carbocycles. The molecule has 1 aromatic heterocycles. The molecule has 22 heavy (non-hydrogen) atoms. The highest BCUT2D eigenvalue weighted by Crippen LogP contribution is 2.27. The van der Waals surface area contributed by atoms with Gasteiger partial charge in [0.05, 0.1) is 6.54 Å². The third-order valence-corrected chi connectivity index (χ3v) is 4.16. The second kappa shape index (κ2) is 5.93. The van der Waals surface area contributed by atoms with E-state index in [9.17, 15) is 9.18 Å². The van der Waals surface area contributed by atoms with Crippen molar-refractivity contribution in [3.05, 3.63) is 64.1 Å². The van der Waals surface area contributed by atoms with Crippen molar-refractivity contribution >= 4 is 38.4 Å². The predicted octanol–water partition coefficient (Wildman–Crippen LogP) is 4.94. The number of Topliss-reactive ketones (excluding diaryl/α,β-unsaturated/α-hetero) is 1. The maximum atomic E-state index is 13.3. The highest BCUT2D eigenvalue weighted by Gasteiger charge is 2.18. The van der Waals surface area contributed by atoms with Crippen LogP contribution in [0.15, 0.2) is 51.4 Å². The Morgan fingerprint density at radius 3 is 2.82 bits per heavy atom.